The van der Waals surface area contributed by atoms with Crippen molar-refractivity contribution in [1.82, 2.24) is 9.88 Å². The molecule has 0 aliphatic carbocycles. The van der Waals surface area contributed by atoms with Crippen LogP contribution in [0.1, 0.15) is 23.7 Å². The van der Waals surface area contributed by atoms with Crippen molar-refractivity contribution < 1.29 is 9.59 Å². The third kappa shape index (κ3) is 5.77. The second-order valence-corrected chi connectivity index (χ2v) is 8.90. The Kier molecular flexibility index (Phi) is 7.39. The van der Waals surface area contributed by atoms with Gasteiger partial charge in [-0.05, 0) is 42.7 Å². The Morgan fingerprint density at radius 1 is 1.17 bits per heavy atom. The molecule has 0 aliphatic rings. The van der Waals surface area contributed by atoms with Gasteiger partial charge in [0.1, 0.15) is 5.01 Å². The first-order valence-corrected chi connectivity index (χ1v) is 11.4. The van der Waals surface area contributed by atoms with Crippen LogP contribution in [0.2, 0.25) is 0 Å². The molecule has 0 aliphatic heterocycles. The number of aromatic nitrogens is 1. The third-order valence-corrected chi connectivity index (χ3v) is 6.20. The largest absolute Gasteiger partial charge is 0.336 e. The summed E-state index contributed by atoms with van der Waals surface area (Å²) in [6.07, 6.45) is 1.17. The summed E-state index contributed by atoms with van der Waals surface area (Å²) in [4.78, 5) is 30.9. The molecule has 156 valence electrons. The lowest BCUT2D eigenvalue weighted by molar-refractivity contribution is -0.132. The number of hydrogen-bond acceptors (Lipinski definition) is 4. The second-order valence-electron chi connectivity index (χ2n) is 7.13. The SMILES string of the molecule is CCc1ccc(-c2nc(CC(=O)N(C)CC(=O)Nc3ccc(Br)cc3C)cs2)cc1. The third-order valence-electron chi connectivity index (χ3n) is 4.76. The zero-order valence-electron chi connectivity index (χ0n) is 17.2. The maximum atomic E-state index is 12.5. The van der Waals surface area contributed by atoms with E-state index in [-0.39, 0.29) is 24.8 Å². The molecule has 3 rings (SSSR count). The van der Waals surface area contributed by atoms with Crippen molar-refractivity contribution in [3.05, 3.63) is 69.1 Å². The Balaban J connectivity index is 1.56. The van der Waals surface area contributed by atoms with Crippen LogP contribution in [0.5, 0.6) is 0 Å². The Bertz CT molecular complexity index is 1050. The Morgan fingerprint density at radius 2 is 1.90 bits per heavy atom. The summed E-state index contributed by atoms with van der Waals surface area (Å²) in [5, 5.41) is 5.65. The van der Waals surface area contributed by atoms with E-state index in [0.717, 1.165) is 38.4 Å². The molecule has 0 atom stereocenters. The van der Waals surface area contributed by atoms with Crippen molar-refractivity contribution in [2.75, 3.05) is 18.9 Å². The number of amides is 2. The highest BCUT2D eigenvalue weighted by atomic mass is 79.9. The Labute approximate surface area is 189 Å². The molecule has 2 aromatic carbocycles. The summed E-state index contributed by atoms with van der Waals surface area (Å²) in [5.41, 5.74) is 4.74. The van der Waals surface area contributed by atoms with Gasteiger partial charge in [0.15, 0.2) is 0 Å². The molecule has 1 N–H and O–H groups in total. The van der Waals surface area contributed by atoms with Gasteiger partial charge in [-0.2, -0.15) is 0 Å². The van der Waals surface area contributed by atoms with Crippen LogP contribution in [-0.2, 0) is 22.4 Å². The number of nitrogens with one attached hydrogen (secondary N) is 1. The van der Waals surface area contributed by atoms with Crippen molar-refractivity contribution in [2.45, 2.75) is 26.7 Å². The number of hydrogen-bond donors (Lipinski definition) is 1. The average Bonchev–Trinajstić information content (AvgIpc) is 3.18. The van der Waals surface area contributed by atoms with E-state index < -0.39 is 0 Å². The fourth-order valence-electron chi connectivity index (χ4n) is 2.95. The lowest BCUT2D eigenvalue weighted by Gasteiger charge is -2.17. The van der Waals surface area contributed by atoms with E-state index >= 15 is 0 Å². The van der Waals surface area contributed by atoms with Gasteiger partial charge in [0.2, 0.25) is 11.8 Å². The van der Waals surface area contributed by atoms with Crippen LogP contribution in [0.4, 0.5) is 5.69 Å². The fraction of sp³-hybridized carbons (Fsp3) is 0.261. The number of nitrogens with zero attached hydrogens (tertiary/aromatic N) is 2. The molecule has 0 bridgehead atoms. The minimum atomic E-state index is -0.230. The van der Waals surface area contributed by atoms with Gasteiger partial charge in [0, 0.05) is 28.2 Å². The molecule has 2 amide bonds. The van der Waals surface area contributed by atoms with Gasteiger partial charge >= 0.3 is 0 Å². The number of halogens is 1. The molecule has 30 heavy (non-hydrogen) atoms. The van der Waals surface area contributed by atoms with E-state index in [2.05, 4.69) is 57.4 Å². The van der Waals surface area contributed by atoms with Gasteiger partial charge in [-0.25, -0.2) is 4.98 Å². The van der Waals surface area contributed by atoms with Crippen LogP contribution >= 0.6 is 27.3 Å². The summed E-state index contributed by atoms with van der Waals surface area (Å²) < 4.78 is 0.953. The first kappa shape index (κ1) is 22.2. The second kappa shape index (κ2) is 10.00. The van der Waals surface area contributed by atoms with Gasteiger partial charge in [-0.15, -0.1) is 11.3 Å². The van der Waals surface area contributed by atoms with Gasteiger partial charge in [-0.3, -0.25) is 9.59 Å². The zero-order valence-corrected chi connectivity index (χ0v) is 19.6. The predicted molar refractivity (Wildman–Crippen MR) is 126 cm³/mol. The van der Waals surface area contributed by atoms with Gasteiger partial charge in [-0.1, -0.05) is 47.1 Å². The zero-order chi connectivity index (χ0) is 21.7. The van der Waals surface area contributed by atoms with Crippen molar-refractivity contribution in [3.63, 3.8) is 0 Å². The molecule has 5 nitrogen and oxygen atoms in total. The number of likely N-dealkylation sites (N-methyl/N-ethyl adjacent to an activating group) is 1. The quantitative estimate of drug-likeness (QED) is 0.507. The highest BCUT2D eigenvalue weighted by Gasteiger charge is 2.16. The standard InChI is InChI=1S/C23H24BrN3O2S/c1-4-16-5-7-17(8-6-16)23-25-19(14-30-23)12-22(29)27(3)13-21(28)26-20-10-9-18(24)11-15(20)2/h5-11,14H,4,12-13H2,1-3H3,(H,26,28). The summed E-state index contributed by atoms with van der Waals surface area (Å²) in [7, 11) is 1.63. The number of thiazole rings is 1. The monoisotopic (exact) mass is 485 g/mol. The molecule has 1 aromatic heterocycles. The highest BCUT2D eigenvalue weighted by molar-refractivity contribution is 9.10. The summed E-state index contributed by atoms with van der Waals surface area (Å²) in [6, 6.07) is 14.0. The molecule has 0 spiro atoms. The van der Waals surface area contributed by atoms with Gasteiger partial charge in [0.05, 0.1) is 18.7 Å². The van der Waals surface area contributed by atoms with Gasteiger partial charge < -0.3 is 10.2 Å². The summed E-state index contributed by atoms with van der Waals surface area (Å²) in [5.74, 6) is -0.373. The van der Waals surface area contributed by atoms with Crippen LogP contribution in [0, 0.1) is 6.92 Å². The Morgan fingerprint density at radius 3 is 2.57 bits per heavy atom. The first-order chi connectivity index (χ1) is 14.4. The molecule has 0 saturated carbocycles. The smallest absolute Gasteiger partial charge is 0.243 e. The molecular weight excluding hydrogens is 462 g/mol. The van der Waals surface area contributed by atoms with Crippen molar-refractivity contribution >= 4 is 44.8 Å². The number of benzene rings is 2. The molecule has 0 saturated heterocycles. The molecule has 7 heteroatoms. The van der Waals surface area contributed by atoms with Gasteiger partial charge in [0.25, 0.3) is 0 Å². The lowest BCUT2D eigenvalue weighted by Crippen LogP contribution is -2.36. The molecule has 0 fully saturated rings. The molecule has 1 heterocycles. The van der Waals surface area contributed by atoms with Crippen molar-refractivity contribution in [1.29, 1.82) is 0 Å². The topological polar surface area (TPSA) is 62.3 Å². The van der Waals surface area contributed by atoms with Crippen LogP contribution < -0.4 is 5.32 Å². The highest BCUT2D eigenvalue weighted by Crippen LogP contribution is 2.24. The lowest BCUT2D eigenvalue weighted by atomic mass is 10.1. The van der Waals surface area contributed by atoms with E-state index in [1.165, 1.54) is 21.8 Å². The Hall–Kier alpha value is -2.51. The van der Waals surface area contributed by atoms with Crippen LogP contribution in [0.15, 0.2) is 52.3 Å². The minimum absolute atomic E-state index is 0.0101. The number of carbonyl (C=O) groups is 2. The van der Waals surface area contributed by atoms with E-state index in [0.29, 0.717) is 0 Å². The van der Waals surface area contributed by atoms with Crippen LogP contribution in [0.3, 0.4) is 0 Å². The van der Waals surface area contributed by atoms with Crippen LogP contribution in [0.25, 0.3) is 10.6 Å². The van der Waals surface area contributed by atoms with E-state index in [1.54, 1.807) is 7.05 Å². The number of carbonyl (C=O) groups excluding carboxylic acids is 2. The minimum Gasteiger partial charge on any atom is -0.336 e. The number of rotatable bonds is 7. The van der Waals surface area contributed by atoms with E-state index in [9.17, 15) is 9.59 Å². The van der Waals surface area contributed by atoms with E-state index in [4.69, 9.17) is 0 Å². The maximum Gasteiger partial charge on any atom is 0.243 e. The van der Waals surface area contributed by atoms with Crippen LogP contribution in [-0.4, -0.2) is 35.3 Å². The average molecular weight is 486 g/mol. The number of aryl methyl sites for hydroxylation is 2. The maximum absolute atomic E-state index is 12.5. The van der Waals surface area contributed by atoms with Crippen molar-refractivity contribution in [2.24, 2.45) is 0 Å². The molecule has 3 aromatic rings. The molecule has 0 unspecified atom stereocenters. The number of anilines is 1. The first-order valence-electron chi connectivity index (χ1n) is 9.69. The fourth-order valence-corrected chi connectivity index (χ4v) is 4.26. The van der Waals surface area contributed by atoms with E-state index in [1.807, 2.05) is 30.5 Å². The summed E-state index contributed by atoms with van der Waals surface area (Å²) in [6.45, 7) is 4.04. The molecular formula is C23H24BrN3O2S. The normalized spacial score (nSPS) is 10.7. The summed E-state index contributed by atoms with van der Waals surface area (Å²) >= 11 is 4.93. The molecule has 0 radical (unpaired) electrons. The predicted octanol–water partition coefficient (Wildman–Crippen LogP) is 5.08. The van der Waals surface area contributed by atoms with Crippen molar-refractivity contribution in [3.8, 4) is 10.6 Å².